The molecule has 1 saturated heterocycles. The van der Waals surface area contributed by atoms with E-state index in [1.54, 1.807) is 6.20 Å². The summed E-state index contributed by atoms with van der Waals surface area (Å²) >= 11 is 0. The van der Waals surface area contributed by atoms with Crippen LogP contribution in [0.4, 0.5) is 0 Å². The zero-order valence-corrected chi connectivity index (χ0v) is 19.9. The molecule has 36 heavy (non-hydrogen) atoms. The second kappa shape index (κ2) is 12.2. The molecule has 0 bridgehead atoms. The van der Waals surface area contributed by atoms with Gasteiger partial charge < -0.3 is 36.5 Å². The highest BCUT2D eigenvalue weighted by atomic mass is 16.4. The predicted molar refractivity (Wildman–Crippen MR) is 129 cm³/mol. The summed E-state index contributed by atoms with van der Waals surface area (Å²) in [5, 5.41) is 30.1. The first kappa shape index (κ1) is 26.7. The Balaban J connectivity index is 1.66. The maximum absolute atomic E-state index is 13.0. The van der Waals surface area contributed by atoms with Gasteiger partial charge in [0.15, 0.2) is 0 Å². The lowest BCUT2D eigenvalue weighted by Gasteiger charge is -2.23. The average molecular weight is 502 g/mol. The largest absolute Gasteiger partial charge is 0.481 e. The SMILES string of the molecule is CC(NC(=O)C1CCCN1)C(=O)NC(CCC(=O)O)C(=O)NC(Cc1c[nH]c2ccccc12)C(=O)O. The lowest BCUT2D eigenvalue weighted by Crippen LogP contribution is -2.56. The van der Waals surface area contributed by atoms with Crippen molar-refractivity contribution in [3.63, 3.8) is 0 Å². The first-order valence-electron chi connectivity index (χ1n) is 11.8. The zero-order valence-electron chi connectivity index (χ0n) is 19.9. The number of benzene rings is 1. The summed E-state index contributed by atoms with van der Waals surface area (Å²) in [6.07, 6.45) is 2.46. The quantitative estimate of drug-likeness (QED) is 0.209. The highest BCUT2D eigenvalue weighted by Gasteiger charge is 2.30. The molecule has 1 aliphatic heterocycles. The van der Waals surface area contributed by atoms with Crippen molar-refractivity contribution in [2.45, 2.75) is 63.2 Å². The number of hydrogen-bond acceptors (Lipinski definition) is 6. The number of carboxylic acids is 2. The molecule has 0 saturated carbocycles. The van der Waals surface area contributed by atoms with E-state index in [9.17, 15) is 29.1 Å². The van der Waals surface area contributed by atoms with Crippen LogP contribution < -0.4 is 21.3 Å². The Hall–Kier alpha value is -3.93. The summed E-state index contributed by atoms with van der Waals surface area (Å²) in [6.45, 7) is 2.16. The van der Waals surface area contributed by atoms with E-state index >= 15 is 0 Å². The molecule has 1 aliphatic rings. The molecule has 4 unspecified atom stereocenters. The van der Waals surface area contributed by atoms with E-state index in [1.165, 1.54) is 6.92 Å². The Labute approximate surface area is 207 Å². The molecule has 1 aromatic heterocycles. The lowest BCUT2D eigenvalue weighted by atomic mass is 10.0. The summed E-state index contributed by atoms with van der Waals surface area (Å²) < 4.78 is 0. The van der Waals surface area contributed by atoms with Crippen LogP contribution in [-0.2, 0) is 30.4 Å². The monoisotopic (exact) mass is 501 g/mol. The van der Waals surface area contributed by atoms with Crippen molar-refractivity contribution in [1.29, 1.82) is 0 Å². The summed E-state index contributed by atoms with van der Waals surface area (Å²) in [6, 6.07) is 3.32. The molecule has 3 rings (SSSR count). The average Bonchev–Trinajstić information content (AvgIpc) is 3.51. The Morgan fingerprint density at radius 3 is 2.42 bits per heavy atom. The summed E-state index contributed by atoms with van der Waals surface area (Å²) in [7, 11) is 0. The molecule has 12 heteroatoms. The van der Waals surface area contributed by atoms with Crippen molar-refractivity contribution in [2.24, 2.45) is 0 Å². The normalized spacial score (nSPS) is 17.6. The van der Waals surface area contributed by atoms with E-state index in [2.05, 4.69) is 26.3 Å². The molecule has 0 aliphatic carbocycles. The van der Waals surface area contributed by atoms with E-state index in [-0.39, 0.29) is 18.7 Å². The smallest absolute Gasteiger partial charge is 0.326 e. The third kappa shape index (κ3) is 7.04. The number of rotatable bonds is 12. The topological polar surface area (TPSA) is 190 Å². The maximum atomic E-state index is 13.0. The molecule has 7 N–H and O–H groups in total. The van der Waals surface area contributed by atoms with Gasteiger partial charge in [-0.3, -0.25) is 19.2 Å². The highest BCUT2D eigenvalue weighted by molar-refractivity contribution is 5.94. The van der Waals surface area contributed by atoms with E-state index in [0.29, 0.717) is 18.5 Å². The van der Waals surface area contributed by atoms with Gasteiger partial charge in [0, 0.05) is 29.9 Å². The van der Waals surface area contributed by atoms with Crippen molar-refractivity contribution in [3.8, 4) is 0 Å². The third-order valence-electron chi connectivity index (χ3n) is 6.12. The van der Waals surface area contributed by atoms with E-state index < -0.39 is 54.3 Å². The summed E-state index contributed by atoms with van der Waals surface area (Å²) in [4.78, 5) is 64.0. The van der Waals surface area contributed by atoms with Crippen molar-refractivity contribution in [3.05, 3.63) is 36.0 Å². The standard InChI is InChI=1S/C24H31N5O7/c1-13(27-22(33)17-7-4-10-25-17)21(32)28-18(8-9-20(30)31)23(34)29-19(24(35)36)11-14-12-26-16-6-3-2-5-15(14)16/h2-3,5-6,12-13,17-19,25-26H,4,7-11H2,1H3,(H,27,33)(H,28,32)(H,29,34)(H,30,31)(H,35,36). The third-order valence-corrected chi connectivity index (χ3v) is 6.12. The van der Waals surface area contributed by atoms with Crippen LogP contribution in [0.1, 0.15) is 38.2 Å². The number of aliphatic carboxylic acids is 2. The van der Waals surface area contributed by atoms with Gasteiger partial charge in [0.25, 0.3) is 0 Å². The molecule has 4 atom stereocenters. The lowest BCUT2D eigenvalue weighted by molar-refractivity contribution is -0.143. The van der Waals surface area contributed by atoms with Gasteiger partial charge in [0.2, 0.25) is 17.7 Å². The number of nitrogens with one attached hydrogen (secondary N) is 5. The fourth-order valence-corrected chi connectivity index (χ4v) is 4.11. The van der Waals surface area contributed by atoms with Crippen molar-refractivity contribution >= 4 is 40.6 Å². The van der Waals surface area contributed by atoms with Gasteiger partial charge >= 0.3 is 11.9 Å². The number of fused-ring (bicyclic) bond motifs is 1. The molecule has 1 fully saturated rings. The van der Waals surface area contributed by atoms with Crippen LogP contribution in [0.5, 0.6) is 0 Å². The van der Waals surface area contributed by atoms with Gasteiger partial charge in [-0.05, 0) is 44.4 Å². The van der Waals surface area contributed by atoms with Gasteiger partial charge in [0.1, 0.15) is 18.1 Å². The van der Waals surface area contributed by atoms with Gasteiger partial charge in [-0.25, -0.2) is 4.79 Å². The number of aromatic amines is 1. The van der Waals surface area contributed by atoms with Crippen LogP contribution in [0.25, 0.3) is 10.9 Å². The number of H-pyrrole nitrogens is 1. The predicted octanol–water partition coefficient (Wildman–Crippen LogP) is -0.114. The van der Waals surface area contributed by atoms with Crippen LogP contribution in [-0.4, -0.2) is 75.6 Å². The molecular formula is C24H31N5O7. The molecule has 194 valence electrons. The number of carbonyl (C=O) groups excluding carboxylic acids is 3. The minimum atomic E-state index is -1.31. The fraction of sp³-hybridized carbons (Fsp3) is 0.458. The molecule has 2 aromatic rings. The Morgan fingerprint density at radius 2 is 1.75 bits per heavy atom. The molecule has 0 radical (unpaired) electrons. The second-order valence-corrected chi connectivity index (χ2v) is 8.84. The second-order valence-electron chi connectivity index (χ2n) is 8.84. The zero-order chi connectivity index (χ0) is 26.2. The minimum absolute atomic E-state index is 0.0223. The van der Waals surface area contributed by atoms with Crippen molar-refractivity contribution < 1.29 is 34.2 Å². The van der Waals surface area contributed by atoms with Gasteiger partial charge in [-0.15, -0.1) is 0 Å². The molecular weight excluding hydrogens is 470 g/mol. The van der Waals surface area contributed by atoms with Crippen LogP contribution in [0.2, 0.25) is 0 Å². The molecule has 1 aromatic carbocycles. The van der Waals surface area contributed by atoms with Crippen LogP contribution in [0.3, 0.4) is 0 Å². The Kier molecular flexibility index (Phi) is 9.01. The van der Waals surface area contributed by atoms with Gasteiger partial charge in [-0.1, -0.05) is 18.2 Å². The Bertz CT molecular complexity index is 1130. The molecule has 12 nitrogen and oxygen atoms in total. The molecule has 3 amide bonds. The van der Waals surface area contributed by atoms with E-state index in [1.807, 2.05) is 24.3 Å². The Morgan fingerprint density at radius 1 is 1.03 bits per heavy atom. The van der Waals surface area contributed by atoms with Crippen molar-refractivity contribution in [2.75, 3.05) is 6.54 Å². The first-order chi connectivity index (χ1) is 17.2. The van der Waals surface area contributed by atoms with Gasteiger partial charge in [0.05, 0.1) is 6.04 Å². The first-order valence-corrected chi connectivity index (χ1v) is 11.8. The number of hydrogen-bond donors (Lipinski definition) is 7. The number of amides is 3. The van der Waals surface area contributed by atoms with Crippen molar-refractivity contribution in [1.82, 2.24) is 26.3 Å². The minimum Gasteiger partial charge on any atom is -0.481 e. The fourth-order valence-electron chi connectivity index (χ4n) is 4.11. The number of para-hydroxylation sites is 1. The van der Waals surface area contributed by atoms with Crippen LogP contribution in [0.15, 0.2) is 30.5 Å². The van der Waals surface area contributed by atoms with E-state index in [4.69, 9.17) is 5.11 Å². The highest BCUT2D eigenvalue weighted by Crippen LogP contribution is 2.19. The van der Waals surface area contributed by atoms with Crippen LogP contribution in [0, 0.1) is 0 Å². The molecule has 0 spiro atoms. The van der Waals surface area contributed by atoms with Crippen LogP contribution >= 0.6 is 0 Å². The number of carbonyl (C=O) groups is 5. The molecule has 2 heterocycles. The maximum Gasteiger partial charge on any atom is 0.326 e. The van der Waals surface area contributed by atoms with E-state index in [0.717, 1.165) is 17.3 Å². The van der Waals surface area contributed by atoms with Gasteiger partial charge in [-0.2, -0.15) is 0 Å². The number of aromatic nitrogens is 1. The summed E-state index contributed by atoms with van der Waals surface area (Å²) in [5.74, 6) is -4.31. The summed E-state index contributed by atoms with van der Waals surface area (Å²) in [5.41, 5.74) is 1.50. The number of carboxylic acid groups (broad SMARTS) is 2.